The van der Waals surface area contributed by atoms with Crippen LogP contribution in [0.15, 0.2) is 18.2 Å². The molecule has 0 aliphatic heterocycles. The summed E-state index contributed by atoms with van der Waals surface area (Å²) in [6.07, 6.45) is 3.02. The molecule has 2 aromatic rings. The van der Waals surface area contributed by atoms with Crippen LogP contribution in [-0.2, 0) is 16.3 Å². The zero-order valence-corrected chi connectivity index (χ0v) is 18.6. The Bertz CT molecular complexity index is 587. The van der Waals surface area contributed by atoms with E-state index in [1.165, 1.54) is 9.61 Å². The van der Waals surface area contributed by atoms with E-state index in [0.717, 1.165) is 17.5 Å². The maximum absolute atomic E-state index is 8.36. The molecule has 0 aliphatic carbocycles. The molecule has 1 N–H and O–H groups in total. The third-order valence-corrected chi connectivity index (χ3v) is 5.11. The number of fused-ring (bicyclic) bond motifs is 1. The Hall–Kier alpha value is 0.0669. The van der Waals surface area contributed by atoms with Gasteiger partial charge in [0.15, 0.2) is 0 Å². The van der Waals surface area contributed by atoms with E-state index < -0.39 is 8.07 Å². The van der Waals surface area contributed by atoms with Gasteiger partial charge in [-0.05, 0) is 21.3 Å². The molecular weight excluding hydrogens is 422 g/mol. The normalized spacial score (nSPS) is 10.5. The van der Waals surface area contributed by atoms with Crippen LogP contribution in [0.25, 0.3) is 10.9 Å². The average molecular weight is 442 g/mol. The summed E-state index contributed by atoms with van der Waals surface area (Å²) in [7, 11) is -1.00. The van der Waals surface area contributed by atoms with Gasteiger partial charge in [0.05, 0.1) is 0 Å². The second-order valence-electron chi connectivity index (χ2n) is 5.73. The first-order valence-electron chi connectivity index (χ1n) is 6.57. The molecule has 1 heterocycles. The van der Waals surface area contributed by atoms with E-state index in [4.69, 9.17) is 14.6 Å². The second-order valence-corrected chi connectivity index (χ2v) is 12.6. The number of benzene rings is 1. The summed E-state index contributed by atoms with van der Waals surface area (Å²) in [5, 5.41) is 12.2. The Balaban J connectivity index is 0.00000102. The first-order chi connectivity index (χ1) is 9.87. The van der Waals surface area contributed by atoms with E-state index in [0.29, 0.717) is 6.73 Å². The topological polar surface area (TPSA) is 64.4 Å². The molecule has 0 radical (unpaired) electrons. The molecule has 0 bridgehead atoms. The van der Waals surface area contributed by atoms with Crippen molar-refractivity contribution < 1.29 is 44.2 Å². The van der Waals surface area contributed by atoms with E-state index in [1.54, 1.807) is 0 Å². The van der Waals surface area contributed by atoms with Gasteiger partial charge in [-0.3, -0.25) is 9.89 Å². The van der Waals surface area contributed by atoms with Crippen molar-refractivity contribution in [1.29, 1.82) is 0 Å². The van der Waals surface area contributed by atoms with E-state index in [2.05, 4.69) is 71.7 Å². The number of ether oxygens (including phenoxy) is 1. The molecule has 2 rings (SSSR count). The van der Waals surface area contributed by atoms with E-state index in [1.807, 2.05) is 4.68 Å². The van der Waals surface area contributed by atoms with Gasteiger partial charge in [-0.15, -0.1) is 11.5 Å². The van der Waals surface area contributed by atoms with Gasteiger partial charge in [-0.25, -0.2) is 0 Å². The third-order valence-electron chi connectivity index (χ3n) is 2.74. The van der Waals surface area contributed by atoms with Gasteiger partial charge in [0.2, 0.25) is 0 Å². The summed E-state index contributed by atoms with van der Waals surface area (Å²) in [6, 6.07) is 7.43. The van der Waals surface area contributed by atoms with Gasteiger partial charge in [-0.1, -0.05) is 54.4 Å². The van der Waals surface area contributed by atoms with Crippen LogP contribution in [0, 0.1) is 9.77 Å². The van der Waals surface area contributed by atoms with Crippen LogP contribution < -0.4 is 29.6 Å². The summed E-state index contributed by atoms with van der Waals surface area (Å²) in [4.78, 5) is 8.36. The van der Waals surface area contributed by atoms with Gasteiger partial charge >= 0.3 is 29.6 Å². The van der Waals surface area contributed by atoms with E-state index >= 15 is 0 Å². The molecule has 0 saturated carbocycles. The fourth-order valence-electron chi connectivity index (χ4n) is 1.62. The summed E-state index contributed by atoms with van der Waals surface area (Å²) in [5.41, 5.74) is 1.09. The average Bonchev–Trinajstić information content (AvgIpc) is 2.77. The Kier molecular flexibility index (Phi) is 10.8. The Morgan fingerprint density at radius 1 is 1.45 bits per heavy atom. The van der Waals surface area contributed by atoms with Crippen LogP contribution in [0.1, 0.15) is 0 Å². The molecule has 0 saturated heterocycles. The molecule has 0 unspecified atom stereocenters. The van der Waals surface area contributed by atoms with Crippen molar-refractivity contribution in [2.45, 2.75) is 32.4 Å². The number of rotatable bonds is 5. The zero-order chi connectivity index (χ0) is 15.9. The predicted molar refractivity (Wildman–Crippen MR) is 94.1 cm³/mol. The molecule has 0 spiro atoms. The zero-order valence-electron chi connectivity index (χ0n) is 13.5. The molecule has 0 aliphatic rings. The molecule has 5 nitrogen and oxygen atoms in total. The largest absolute Gasteiger partial charge is 1.00 e. The maximum atomic E-state index is 8.36. The monoisotopic (exact) mass is 442 g/mol. The molecule has 1 aromatic heterocycles. The van der Waals surface area contributed by atoms with Crippen molar-refractivity contribution in [3.8, 4) is 0 Å². The van der Waals surface area contributed by atoms with Crippen LogP contribution in [-0.4, -0.2) is 36.0 Å². The van der Waals surface area contributed by atoms with Crippen molar-refractivity contribution in [3.05, 3.63) is 28.0 Å². The minimum atomic E-state index is -1.00. The molecule has 0 fully saturated rings. The molecule has 116 valence electrons. The third kappa shape index (κ3) is 8.07. The summed E-state index contributed by atoms with van der Waals surface area (Å²) in [6.45, 7) is 8.16. The number of hydrogen-bond donors (Lipinski definition) is 1. The molecule has 0 amide bonds. The maximum Gasteiger partial charge on any atom is 1.00 e. The van der Waals surface area contributed by atoms with Crippen molar-refractivity contribution in [2.24, 2.45) is 0 Å². The van der Waals surface area contributed by atoms with Crippen molar-refractivity contribution in [1.82, 2.24) is 9.78 Å². The Labute approximate surface area is 167 Å². The standard InChI is InChI=1S/C13H18IN2OSi.CH2O2.Na/c1-18(2,3)7-6-17-10-16-13-5-4-12(14)8-11(13)9-15-16;2-1-3;/h4-5,8H,6-7,10H2,1-3H3;1H,(H,2,3);/q-1;;+1. The number of halogens is 1. The van der Waals surface area contributed by atoms with Crippen LogP contribution in [0.2, 0.25) is 25.7 Å². The number of aromatic nitrogens is 2. The quantitative estimate of drug-likeness (QED) is 0.240. The molecule has 1 aromatic carbocycles. The van der Waals surface area contributed by atoms with Crippen LogP contribution in [0.5, 0.6) is 0 Å². The number of nitrogens with zero attached hydrogens (tertiary/aromatic N) is 2. The smallest absolute Gasteiger partial charge is 0.483 e. The van der Waals surface area contributed by atoms with Crippen LogP contribution in [0.3, 0.4) is 0 Å². The van der Waals surface area contributed by atoms with Crippen LogP contribution in [0.4, 0.5) is 0 Å². The predicted octanol–water partition coefficient (Wildman–Crippen LogP) is 0.458. The summed E-state index contributed by atoms with van der Waals surface area (Å²) in [5.74, 6) is 0. The van der Waals surface area contributed by atoms with Gasteiger partial charge in [-0.2, -0.15) is 0 Å². The molecule has 8 heteroatoms. The number of carboxylic acid groups (broad SMARTS) is 1. The van der Waals surface area contributed by atoms with Gasteiger partial charge in [0.25, 0.3) is 6.47 Å². The molecule has 0 atom stereocenters. The van der Waals surface area contributed by atoms with Gasteiger partial charge in [0, 0.05) is 14.7 Å². The van der Waals surface area contributed by atoms with E-state index in [9.17, 15) is 0 Å². The summed E-state index contributed by atoms with van der Waals surface area (Å²) < 4.78 is 8.78. The number of hydrogen-bond acceptors (Lipinski definition) is 3. The molecular formula is C14H20IN2NaO3Si. The first kappa shape index (κ1) is 22.1. The fraction of sp³-hybridized carbons (Fsp3) is 0.429. The molecule has 22 heavy (non-hydrogen) atoms. The Morgan fingerprint density at radius 3 is 2.68 bits per heavy atom. The minimum Gasteiger partial charge on any atom is -0.483 e. The van der Waals surface area contributed by atoms with Gasteiger partial charge < -0.3 is 14.5 Å². The SMILES string of the molecule is C[Si](C)(C)CCOCn1n[c-]c2cc(I)ccc21.O=CO.[Na+]. The van der Waals surface area contributed by atoms with Crippen molar-refractivity contribution in [2.75, 3.05) is 6.61 Å². The van der Waals surface area contributed by atoms with Crippen molar-refractivity contribution in [3.63, 3.8) is 0 Å². The van der Waals surface area contributed by atoms with Crippen molar-refractivity contribution >= 4 is 48.0 Å². The van der Waals surface area contributed by atoms with Crippen LogP contribution >= 0.6 is 22.6 Å². The second kappa shape index (κ2) is 10.8. The minimum absolute atomic E-state index is 0. The fourth-order valence-corrected chi connectivity index (χ4v) is 2.87. The number of carbonyl (C=O) groups is 1. The first-order valence-corrected chi connectivity index (χ1v) is 11.4. The summed E-state index contributed by atoms with van der Waals surface area (Å²) >= 11 is 2.30. The van der Waals surface area contributed by atoms with Gasteiger partial charge in [0.1, 0.15) is 6.73 Å². The van der Waals surface area contributed by atoms with E-state index in [-0.39, 0.29) is 36.0 Å². The Morgan fingerprint density at radius 2 is 2.09 bits per heavy atom.